The van der Waals surface area contributed by atoms with Gasteiger partial charge < -0.3 is 25.4 Å². The fraction of sp³-hybridized carbons (Fsp3) is 0.417. The van der Waals surface area contributed by atoms with E-state index in [4.69, 9.17) is 25.5 Å². The Labute approximate surface area is 202 Å². The molecule has 2 aliphatic rings. The highest BCUT2D eigenvalue weighted by Crippen LogP contribution is 2.32. The lowest BCUT2D eigenvalue weighted by molar-refractivity contribution is 0.1000. The van der Waals surface area contributed by atoms with Gasteiger partial charge in [-0.3, -0.25) is 9.78 Å². The molecular weight excluding hydrogens is 448 g/mol. The van der Waals surface area contributed by atoms with Crippen molar-refractivity contribution in [3.05, 3.63) is 41.9 Å². The first-order valence-electron chi connectivity index (χ1n) is 11.7. The summed E-state index contributed by atoms with van der Waals surface area (Å²) < 4.78 is 11.9. The van der Waals surface area contributed by atoms with Crippen LogP contribution in [0.5, 0.6) is 5.88 Å². The van der Waals surface area contributed by atoms with E-state index in [1.165, 1.54) is 18.6 Å². The van der Waals surface area contributed by atoms with E-state index in [2.05, 4.69) is 25.2 Å². The first-order chi connectivity index (χ1) is 17.1. The maximum Gasteiger partial charge on any atom is 0.250 e. The highest BCUT2D eigenvalue weighted by atomic mass is 16.5. The van der Waals surface area contributed by atoms with E-state index in [0.29, 0.717) is 47.1 Å². The molecule has 11 nitrogen and oxygen atoms in total. The van der Waals surface area contributed by atoms with Crippen LogP contribution in [-0.4, -0.2) is 64.3 Å². The molecule has 0 spiro atoms. The molecule has 2 fully saturated rings. The van der Waals surface area contributed by atoms with Crippen LogP contribution >= 0.6 is 0 Å². The third kappa shape index (κ3) is 5.22. The van der Waals surface area contributed by atoms with E-state index >= 15 is 0 Å². The summed E-state index contributed by atoms with van der Waals surface area (Å²) in [6.07, 6.45) is 7.87. The number of fused-ring (bicyclic) bond motifs is 1. The summed E-state index contributed by atoms with van der Waals surface area (Å²) in [4.78, 5) is 31.6. The number of amides is 1. The molecule has 1 aliphatic carbocycles. The molecule has 1 saturated heterocycles. The van der Waals surface area contributed by atoms with Crippen molar-refractivity contribution in [1.82, 2.24) is 19.9 Å². The molecule has 0 bridgehead atoms. The van der Waals surface area contributed by atoms with E-state index in [1.54, 1.807) is 6.07 Å². The second kappa shape index (κ2) is 10.1. The van der Waals surface area contributed by atoms with Gasteiger partial charge in [-0.15, -0.1) is 0 Å². The number of morpholine rings is 1. The zero-order valence-electron chi connectivity index (χ0n) is 19.2. The van der Waals surface area contributed by atoms with Gasteiger partial charge >= 0.3 is 0 Å². The zero-order valence-corrected chi connectivity index (χ0v) is 19.2. The van der Waals surface area contributed by atoms with Gasteiger partial charge in [0.2, 0.25) is 17.7 Å². The number of aromatic nitrogens is 4. The molecule has 4 heterocycles. The second-order valence-corrected chi connectivity index (χ2v) is 8.68. The molecule has 1 amide bonds. The number of ether oxygens (including phenoxy) is 2. The van der Waals surface area contributed by atoms with Gasteiger partial charge in [-0.1, -0.05) is 0 Å². The van der Waals surface area contributed by atoms with E-state index < -0.39 is 5.91 Å². The third-order valence-corrected chi connectivity index (χ3v) is 6.32. The van der Waals surface area contributed by atoms with Crippen molar-refractivity contribution in [1.29, 1.82) is 5.26 Å². The number of nitrogens with two attached hydrogens (primary N) is 1. The van der Waals surface area contributed by atoms with Gasteiger partial charge in [0.15, 0.2) is 0 Å². The Bertz CT molecular complexity index is 1250. The first-order valence-corrected chi connectivity index (χ1v) is 11.7. The van der Waals surface area contributed by atoms with Crippen molar-refractivity contribution < 1.29 is 14.3 Å². The predicted octanol–water partition coefficient (Wildman–Crippen LogP) is 2.03. The largest absolute Gasteiger partial charge is 0.474 e. The molecule has 11 heteroatoms. The molecule has 0 radical (unpaired) electrons. The molecule has 1 aliphatic heterocycles. The number of primary amides is 1. The predicted molar refractivity (Wildman–Crippen MR) is 128 cm³/mol. The van der Waals surface area contributed by atoms with Crippen LogP contribution in [0.3, 0.4) is 0 Å². The number of nitriles is 1. The van der Waals surface area contributed by atoms with Gasteiger partial charge in [0.25, 0.3) is 0 Å². The van der Waals surface area contributed by atoms with Crippen LogP contribution in [0.4, 0.5) is 11.8 Å². The number of nitrogens with zero attached hydrogens (tertiary/aromatic N) is 6. The highest BCUT2D eigenvalue weighted by Gasteiger charge is 2.25. The molecule has 3 N–H and O–H groups in total. The third-order valence-electron chi connectivity index (χ3n) is 6.32. The standard InChI is InChI=1S/C24H26N8O3/c25-11-15-12-28-24(29-13-15)30-17-1-3-18(4-2-17)35-23-19-9-16(22(26)33)14-27-20(19)10-21(31-23)32-5-7-34-8-6-32/h9-10,12-14,17-18H,1-8H2,(H2,26,33)(H,28,29,30). The maximum atomic E-state index is 11.7. The molecular formula is C24H26N8O3. The second-order valence-electron chi connectivity index (χ2n) is 8.68. The minimum Gasteiger partial charge on any atom is -0.474 e. The Hall–Kier alpha value is -4.04. The SMILES string of the molecule is N#Cc1cnc(NC2CCC(Oc3nc(N4CCOCC4)cc4ncc(C(N)=O)cc34)CC2)nc1. The van der Waals surface area contributed by atoms with Crippen molar-refractivity contribution in [2.75, 3.05) is 36.5 Å². The molecule has 180 valence electrons. The lowest BCUT2D eigenvalue weighted by atomic mass is 9.93. The smallest absolute Gasteiger partial charge is 0.250 e. The fourth-order valence-corrected chi connectivity index (χ4v) is 4.39. The summed E-state index contributed by atoms with van der Waals surface area (Å²) in [6.45, 7) is 2.77. The van der Waals surface area contributed by atoms with Gasteiger partial charge in [0.1, 0.15) is 18.0 Å². The molecule has 0 unspecified atom stereocenters. The van der Waals surface area contributed by atoms with E-state index in [-0.39, 0.29) is 12.1 Å². The number of anilines is 2. The summed E-state index contributed by atoms with van der Waals surface area (Å²) in [5.74, 6) is 1.22. The summed E-state index contributed by atoms with van der Waals surface area (Å²) in [5.41, 5.74) is 6.94. The normalized spacial score (nSPS) is 20.3. The van der Waals surface area contributed by atoms with Gasteiger partial charge in [-0.05, 0) is 31.7 Å². The minimum atomic E-state index is -0.542. The van der Waals surface area contributed by atoms with Gasteiger partial charge in [-0.25, -0.2) is 9.97 Å². The Kier molecular flexibility index (Phi) is 6.54. The number of nitrogens with one attached hydrogen (secondary N) is 1. The number of pyridine rings is 2. The monoisotopic (exact) mass is 474 g/mol. The van der Waals surface area contributed by atoms with Crippen molar-refractivity contribution in [3.63, 3.8) is 0 Å². The number of hydrogen-bond acceptors (Lipinski definition) is 10. The fourth-order valence-electron chi connectivity index (χ4n) is 4.39. The average molecular weight is 475 g/mol. The molecule has 35 heavy (non-hydrogen) atoms. The topological polar surface area (TPSA) is 152 Å². The van der Waals surface area contributed by atoms with E-state index in [9.17, 15) is 4.79 Å². The number of carbonyl (C=O) groups is 1. The number of hydrogen-bond donors (Lipinski definition) is 2. The lowest BCUT2D eigenvalue weighted by Gasteiger charge is -2.31. The summed E-state index contributed by atoms with van der Waals surface area (Å²) >= 11 is 0. The molecule has 1 saturated carbocycles. The van der Waals surface area contributed by atoms with Crippen LogP contribution in [0.15, 0.2) is 30.7 Å². The Balaban J connectivity index is 1.32. The molecule has 0 atom stereocenters. The summed E-state index contributed by atoms with van der Waals surface area (Å²) in [6, 6.07) is 5.85. The van der Waals surface area contributed by atoms with Crippen LogP contribution < -0.4 is 20.7 Å². The van der Waals surface area contributed by atoms with Crippen LogP contribution in [-0.2, 0) is 4.74 Å². The molecule has 0 aromatic carbocycles. The van der Waals surface area contributed by atoms with E-state index in [1.807, 2.05) is 12.1 Å². The van der Waals surface area contributed by atoms with Crippen LogP contribution in [0, 0.1) is 11.3 Å². The van der Waals surface area contributed by atoms with Crippen molar-refractivity contribution >= 4 is 28.6 Å². The van der Waals surface area contributed by atoms with Crippen molar-refractivity contribution in [2.45, 2.75) is 37.8 Å². The first kappa shape index (κ1) is 22.7. The highest BCUT2D eigenvalue weighted by molar-refractivity contribution is 5.97. The van der Waals surface area contributed by atoms with Crippen molar-refractivity contribution in [3.8, 4) is 11.9 Å². The van der Waals surface area contributed by atoms with Gasteiger partial charge in [0.05, 0.1) is 47.6 Å². The van der Waals surface area contributed by atoms with Gasteiger partial charge in [0, 0.05) is 31.4 Å². The van der Waals surface area contributed by atoms with E-state index in [0.717, 1.165) is 44.6 Å². The average Bonchev–Trinajstić information content (AvgIpc) is 2.90. The molecule has 3 aromatic rings. The minimum absolute atomic E-state index is 0.0252. The maximum absolute atomic E-state index is 11.7. The zero-order chi connectivity index (χ0) is 24.2. The number of carbonyl (C=O) groups excluding carboxylic acids is 1. The lowest BCUT2D eigenvalue weighted by Crippen LogP contribution is -2.37. The van der Waals surface area contributed by atoms with Crippen LogP contribution in [0.1, 0.15) is 41.6 Å². The molecule has 5 rings (SSSR count). The van der Waals surface area contributed by atoms with Crippen LogP contribution in [0.2, 0.25) is 0 Å². The Morgan fingerprint density at radius 1 is 1.11 bits per heavy atom. The quantitative estimate of drug-likeness (QED) is 0.543. The van der Waals surface area contributed by atoms with Gasteiger partial charge in [-0.2, -0.15) is 10.2 Å². The van der Waals surface area contributed by atoms with Crippen molar-refractivity contribution in [2.24, 2.45) is 5.73 Å². The molecule has 3 aromatic heterocycles. The Morgan fingerprint density at radius 3 is 2.54 bits per heavy atom. The summed E-state index contributed by atoms with van der Waals surface area (Å²) in [7, 11) is 0. The Morgan fingerprint density at radius 2 is 1.86 bits per heavy atom. The van der Waals surface area contributed by atoms with Crippen LogP contribution in [0.25, 0.3) is 10.9 Å². The number of rotatable bonds is 6. The summed E-state index contributed by atoms with van der Waals surface area (Å²) in [5, 5.41) is 12.9.